The molecule has 0 aliphatic rings. The number of allylic oxidation sites excluding steroid dienone is 2. The van der Waals surface area contributed by atoms with Gasteiger partial charge < -0.3 is 5.32 Å². The van der Waals surface area contributed by atoms with E-state index in [4.69, 9.17) is 0 Å². The Morgan fingerprint density at radius 2 is 0.941 bits per heavy atom. The van der Waals surface area contributed by atoms with Gasteiger partial charge in [-0.1, -0.05) is 142 Å². The molecule has 0 bridgehead atoms. The minimum Gasteiger partial charge on any atom is -0.356 e. The van der Waals surface area contributed by atoms with Gasteiger partial charge in [0.2, 0.25) is 5.91 Å². The van der Waals surface area contributed by atoms with Crippen LogP contribution in [-0.4, -0.2) is 12.5 Å². The lowest BCUT2D eigenvalue weighted by Gasteiger charge is -2.16. The van der Waals surface area contributed by atoms with Gasteiger partial charge >= 0.3 is 0 Å². The molecule has 0 aromatic rings. The zero-order valence-corrected chi connectivity index (χ0v) is 23.8. The van der Waals surface area contributed by atoms with Crippen molar-refractivity contribution in [3.8, 4) is 0 Å². The fourth-order valence-corrected chi connectivity index (χ4v) is 4.76. The first-order valence-corrected chi connectivity index (χ1v) is 15.7. The minimum absolute atomic E-state index is 0.245. The summed E-state index contributed by atoms with van der Waals surface area (Å²) in [5.74, 6) is 0.571. The lowest BCUT2D eigenvalue weighted by molar-refractivity contribution is -0.125. The number of hydrogen-bond acceptors (Lipinski definition) is 1. The highest BCUT2D eigenvalue weighted by Gasteiger charge is 2.16. The molecule has 0 rings (SSSR count). The quantitative estimate of drug-likeness (QED) is 0.0924. The average molecular weight is 478 g/mol. The van der Waals surface area contributed by atoms with Gasteiger partial charge in [-0.2, -0.15) is 0 Å². The highest BCUT2D eigenvalue weighted by atomic mass is 16.1. The van der Waals surface area contributed by atoms with E-state index in [1.807, 2.05) is 0 Å². The number of unbranched alkanes of at least 4 members (excludes halogenated alkanes) is 18. The van der Waals surface area contributed by atoms with Gasteiger partial charge in [-0.05, 0) is 44.9 Å². The Hall–Kier alpha value is -0.790. The molecule has 0 aromatic heterocycles. The number of rotatable bonds is 27. The van der Waals surface area contributed by atoms with Crippen molar-refractivity contribution in [3.63, 3.8) is 0 Å². The molecule has 34 heavy (non-hydrogen) atoms. The van der Waals surface area contributed by atoms with Crippen LogP contribution in [-0.2, 0) is 4.79 Å². The van der Waals surface area contributed by atoms with Gasteiger partial charge in [-0.15, -0.1) is 0 Å². The molecule has 0 aromatic carbocycles. The van der Waals surface area contributed by atoms with E-state index in [-0.39, 0.29) is 5.92 Å². The van der Waals surface area contributed by atoms with E-state index in [1.54, 1.807) is 0 Å². The summed E-state index contributed by atoms with van der Waals surface area (Å²) in [5, 5.41) is 3.25. The van der Waals surface area contributed by atoms with Gasteiger partial charge in [0, 0.05) is 12.5 Å². The first kappa shape index (κ1) is 33.2. The summed E-state index contributed by atoms with van der Waals surface area (Å²) < 4.78 is 0. The van der Waals surface area contributed by atoms with Crippen LogP contribution in [0.4, 0.5) is 0 Å². The SMILES string of the molecule is CCCCCC=CCCCCCNC(=O)C(CCCC)CCCCCCCCCCCCCC. The van der Waals surface area contributed by atoms with Crippen LogP contribution in [0.3, 0.4) is 0 Å². The van der Waals surface area contributed by atoms with Gasteiger partial charge in [-0.25, -0.2) is 0 Å². The first-order chi connectivity index (χ1) is 16.8. The van der Waals surface area contributed by atoms with Crippen LogP contribution >= 0.6 is 0 Å². The third-order valence-corrected chi connectivity index (χ3v) is 7.17. The largest absolute Gasteiger partial charge is 0.356 e. The maximum absolute atomic E-state index is 12.7. The Bertz CT molecular complexity index is 431. The monoisotopic (exact) mass is 477 g/mol. The Kier molecular flexibility index (Phi) is 27.8. The second-order valence-electron chi connectivity index (χ2n) is 10.6. The summed E-state index contributed by atoms with van der Waals surface area (Å²) in [5.41, 5.74) is 0. The summed E-state index contributed by atoms with van der Waals surface area (Å²) in [6.07, 6.45) is 35.8. The van der Waals surface area contributed by atoms with Crippen LogP contribution < -0.4 is 5.32 Å². The van der Waals surface area contributed by atoms with Crippen molar-refractivity contribution in [1.82, 2.24) is 5.32 Å². The van der Waals surface area contributed by atoms with Gasteiger partial charge in [0.25, 0.3) is 0 Å². The molecule has 0 saturated heterocycles. The molecule has 0 heterocycles. The van der Waals surface area contributed by atoms with Gasteiger partial charge in [0.05, 0.1) is 0 Å². The number of carbonyl (C=O) groups is 1. The van der Waals surface area contributed by atoms with Crippen molar-refractivity contribution in [2.24, 2.45) is 5.92 Å². The molecule has 1 atom stereocenters. The molecular formula is C32H63NO. The van der Waals surface area contributed by atoms with Crippen LogP contribution in [0.5, 0.6) is 0 Å². The Balaban J connectivity index is 3.72. The fourth-order valence-electron chi connectivity index (χ4n) is 4.76. The smallest absolute Gasteiger partial charge is 0.223 e. The van der Waals surface area contributed by atoms with Crippen LogP contribution in [0.25, 0.3) is 0 Å². The molecule has 0 saturated carbocycles. The van der Waals surface area contributed by atoms with E-state index in [2.05, 4.69) is 38.2 Å². The van der Waals surface area contributed by atoms with Crippen LogP contribution in [0.15, 0.2) is 12.2 Å². The highest BCUT2D eigenvalue weighted by molar-refractivity contribution is 5.78. The molecule has 0 spiro atoms. The van der Waals surface area contributed by atoms with Crippen molar-refractivity contribution in [1.29, 1.82) is 0 Å². The third-order valence-electron chi connectivity index (χ3n) is 7.17. The third kappa shape index (κ3) is 24.3. The minimum atomic E-state index is 0.245. The summed E-state index contributed by atoms with van der Waals surface area (Å²) in [7, 11) is 0. The lowest BCUT2D eigenvalue weighted by Crippen LogP contribution is -2.31. The van der Waals surface area contributed by atoms with E-state index >= 15 is 0 Å². The zero-order valence-electron chi connectivity index (χ0n) is 23.8. The average Bonchev–Trinajstić information content (AvgIpc) is 2.84. The molecule has 202 valence electrons. The number of carbonyl (C=O) groups excluding carboxylic acids is 1. The van der Waals surface area contributed by atoms with E-state index in [0.29, 0.717) is 5.91 Å². The molecule has 2 nitrogen and oxygen atoms in total. The van der Waals surface area contributed by atoms with Crippen LogP contribution in [0, 0.1) is 5.92 Å². The predicted molar refractivity (Wildman–Crippen MR) is 153 cm³/mol. The van der Waals surface area contributed by atoms with Crippen LogP contribution in [0.2, 0.25) is 0 Å². The van der Waals surface area contributed by atoms with Crippen molar-refractivity contribution < 1.29 is 4.79 Å². The second kappa shape index (κ2) is 28.4. The molecule has 0 fully saturated rings. The molecule has 0 aliphatic heterocycles. The maximum Gasteiger partial charge on any atom is 0.223 e. The highest BCUT2D eigenvalue weighted by Crippen LogP contribution is 2.19. The van der Waals surface area contributed by atoms with Gasteiger partial charge in [-0.3, -0.25) is 4.79 Å². The van der Waals surface area contributed by atoms with Crippen molar-refractivity contribution in [3.05, 3.63) is 12.2 Å². The summed E-state index contributed by atoms with van der Waals surface area (Å²) >= 11 is 0. The van der Waals surface area contributed by atoms with Crippen molar-refractivity contribution in [2.75, 3.05) is 6.54 Å². The number of hydrogen-bond donors (Lipinski definition) is 1. The molecule has 1 amide bonds. The molecule has 2 heteroatoms. The summed E-state index contributed by atoms with van der Waals surface area (Å²) in [6.45, 7) is 7.64. The van der Waals surface area contributed by atoms with Gasteiger partial charge in [0.15, 0.2) is 0 Å². The lowest BCUT2D eigenvalue weighted by atomic mass is 9.94. The van der Waals surface area contributed by atoms with E-state index < -0.39 is 0 Å². The molecule has 0 aliphatic carbocycles. The Labute approximate surface area is 215 Å². The van der Waals surface area contributed by atoms with Crippen LogP contribution in [0.1, 0.15) is 175 Å². The first-order valence-electron chi connectivity index (χ1n) is 15.7. The normalized spacial score (nSPS) is 12.4. The maximum atomic E-state index is 12.7. The molecule has 1 N–H and O–H groups in total. The van der Waals surface area contributed by atoms with Gasteiger partial charge in [0.1, 0.15) is 0 Å². The molecule has 0 radical (unpaired) electrons. The fraction of sp³-hybridized carbons (Fsp3) is 0.906. The van der Waals surface area contributed by atoms with Crippen molar-refractivity contribution in [2.45, 2.75) is 175 Å². The molecular weight excluding hydrogens is 414 g/mol. The Morgan fingerprint density at radius 3 is 1.50 bits per heavy atom. The van der Waals surface area contributed by atoms with Crippen molar-refractivity contribution >= 4 is 5.91 Å². The van der Waals surface area contributed by atoms with E-state index in [1.165, 1.54) is 135 Å². The molecule has 1 unspecified atom stereocenters. The van der Waals surface area contributed by atoms with E-state index in [0.717, 1.165) is 25.8 Å². The predicted octanol–water partition coefficient (Wildman–Crippen LogP) is 10.7. The topological polar surface area (TPSA) is 29.1 Å². The second-order valence-corrected chi connectivity index (χ2v) is 10.6. The summed E-state index contributed by atoms with van der Waals surface area (Å²) in [4.78, 5) is 12.7. The van der Waals surface area contributed by atoms with E-state index in [9.17, 15) is 4.79 Å². The number of nitrogens with one attached hydrogen (secondary N) is 1. The summed E-state index contributed by atoms with van der Waals surface area (Å²) in [6, 6.07) is 0. The zero-order chi connectivity index (χ0) is 25.0. The standard InChI is InChI=1S/C32H63NO/c1-4-7-10-12-14-16-18-19-20-22-24-26-29-31(28-9-6-3)32(34)33-30-27-25-23-21-17-15-13-11-8-5-2/h15,17,31H,4-14,16,18-30H2,1-3H3,(H,33,34). The number of amides is 1. The Morgan fingerprint density at radius 1 is 0.529 bits per heavy atom.